The average Bonchev–Trinajstić information content (AvgIpc) is 3.71. The van der Waals surface area contributed by atoms with Crippen LogP contribution in [0.3, 0.4) is 0 Å². The van der Waals surface area contributed by atoms with Gasteiger partial charge in [0, 0.05) is 44.3 Å². The van der Waals surface area contributed by atoms with Gasteiger partial charge in [-0.1, -0.05) is 188 Å². The number of benzene rings is 11. The molecule has 1 heterocycles. The average molecular weight is 789 g/mol. The number of para-hydroxylation sites is 1. The molecule has 0 N–H and O–H groups in total. The highest BCUT2D eigenvalue weighted by molar-refractivity contribution is 6.36. The van der Waals surface area contributed by atoms with E-state index < -0.39 is 0 Å². The van der Waals surface area contributed by atoms with Crippen molar-refractivity contribution >= 4 is 71.2 Å². The van der Waals surface area contributed by atoms with Crippen molar-refractivity contribution in [2.75, 3.05) is 4.90 Å². The summed E-state index contributed by atoms with van der Waals surface area (Å²) in [6.45, 7) is 0. The Morgan fingerprint density at radius 3 is 1.23 bits per heavy atom. The van der Waals surface area contributed by atoms with Gasteiger partial charge >= 0.3 is 0 Å². The van der Waals surface area contributed by atoms with E-state index in [-0.39, 0.29) is 0 Å². The summed E-state index contributed by atoms with van der Waals surface area (Å²) >= 11 is 0. The topological polar surface area (TPSA) is 8.17 Å². The highest BCUT2D eigenvalue weighted by Gasteiger charge is 2.20. The van der Waals surface area contributed by atoms with E-state index in [9.17, 15) is 0 Å². The number of hydrogen-bond acceptors (Lipinski definition) is 1. The molecule has 62 heavy (non-hydrogen) atoms. The van der Waals surface area contributed by atoms with E-state index >= 15 is 0 Å². The van der Waals surface area contributed by atoms with Crippen LogP contribution < -0.4 is 4.90 Å². The van der Waals surface area contributed by atoms with Crippen molar-refractivity contribution in [3.63, 3.8) is 0 Å². The molecule has 0 saturated carbocycles. The first kappa shape index (κ1) is 35.7. The molecule has 0 fully saturated rings. The van der Waals surface area contributed by atoms with Crippen molar-refractivity contribution < 1.29 is 0 Å². The van der Waals surface area contributed by atoms with E-state index in [0.717, 1.165) is 22.7 Å². The third-order valence-corrected chi connectivity index (χ3v) is 12.6. The second kappa shape index (κ2) is 14.8. The molecule has 2 nitrogen and oxygen atoms in total. The largest absolute Gasteiger partial charge is 0.311 e. The van der Waals surface area contributed by atoms with Crippen LogP contribution in [0.15, 0.2) is 243 Å². The summed E-state index contributed by atoms with van der Waals surface area (Å²) < 4.78 is 2.48. The van der Waals surface area contributed by atoms with Gasteiger partial charge in [-0.15, -0.1) is 0 Å². The number of aromatic nitrogens is 1. The normalized spacial score (nSPS) is 11.5. The van der Waals surface area contributed by atoms with E-state index in [0.29, 0.717) is 0 Å². The third-order valence-electron chi connectivity index (χ3n) is 12.6. The fourth-order valence-electron chi connectivity index (χ4n) is 9.63. The van der Waals surface area contributed by atoms with Gasteiger partial charge in [0.1, 0.15) is 0 Å². The van der Waals surface area contributed by atoms with Gasteiger partial charge < -0.3 is 9.47 Å². The standard InChI is InChI=1S/C60H40N2/c1-3-13-41(14-4-1)43-23-32-48(33-24-43)61(49-34-25-44(26-35-49)42-15-5-2-6-16-42)50-36-27-45(28-37-50)46-29-38-51(39-30-46)62-57-22-12-11-21-56(57)59-58-52-18-8-7-17-47(52)31-40-54(58)53-19-9-10-20-55(53)60(59)62/h1-40H. The molecule has 0 saturated heterocycles. The molecule has 11 aromatic carbocycles. The SMILES string of the molecule is c1ccc(-c2ccc(N(c3ccc(-c4ccccc4)cc3)c3ccc(-c4ccc(-n5c6ccccc6c6c7c8ccccc8ccc7c7ccccc7c65)cc4)cc3)cc2)cc1. The monoisotopic (exact) mass is 788 g/mol. The zero-order chi connectivity index (χ0) is 41.0. The van der Waals surface area contributed by atoms with Crippen LogP contribution in [0, 0.1) is 0 Å². The van der Waals surface area contributed by atoms with Crippen LogP contribution in [-0.2, 0) is 0 Å². The molecule has 0 unspecified atom stereocenters. The molecule has 12 aromatic rings. The number of rotatable bonds is 7. The van der Waals surface area contributed by atoms with Gasteiger partial charge in [-0.2, -0.15) is 0 Å². The lowest BCUT2D eigenvalue weighted by Crippen LogP contribution is -2.09. The minimum absolute atomic E-state index is 1.10. The first-order valence-corrected chi connectivity index (χ1v) is 21.3. The van der Waals surface area contributed by atoms with Crippen LogP contribution >= 0.6 is 0 Å². The van der Waals surface area contributed by atoms with E-state index in [1.165, 1.54) is 87.5 Å². The van der Waals surface area contributed by atoms with Gasteiger partial charge in [-0.05, 0) is 110 Å². The van der Waals surface area contributed by atoms with Gasteiger partial charge in [0.25, 0.3) is 0 Å². The van der Waals surface area contributed by atoms with Crippen LogP contribution in [0.4, 0.5) is 17.1 Å². The summed E-state index contributed by atoms with van der Waals surface area (Å²) in [4.78, 5) is 2.34. The number of hydrogen-bond donors (Lipinski definition) is 0. The van der Waals surface area contributed by atoms with Gasteiger partial charge in [0.15, 0.2) is 0 Å². The van der Waals surface area contributed by atoms with Crippen molar-refractivity contribution in [1.29, 1.82) is 0 Å². The summed E-state index contributed by atoms with van der Waals surface area (Å²) in [7, 11) is 0. The molecule has 0 bridgehead atoms. The third kappa shape index (κ3) is 5.96. The zero-order valence-electron chi connectivity index (χ0n) is 34.0. The smallest absolute Gasteiger partial charge is 0.0626 e. The lowest BCUT2D eigenvalue weighted by molar-refractivity contribution is 1.19. The molecule has 0 amide bonds. The molecule has 0 aliphatic rings. The minimum atomic E-state index is 1.10. The van der Waals surface area contributed by atoms with Crippen molar-refractivity contribution in [2.45, 2.75) is 0 Å². The van der Waals surface area contributed by atoms with E-state index in [1.54, 1.807) is 0 Å². The van der Waals surface area contributed by atoms with Crippen LogP contribution in [0.25, 0.3) is 93.2 Å². The Morgan fingerprint density at radius 2 is 0.677 bits per heavy atom. The fourth-order valence-corrected chi connectivity index (χ4v) is 9.63. The number of anilines is 3. The highest BCUT2D eigenvalue weighted by Crippen LogP contribution is 2.45. The molecule has 2 heteroatoms. The van der Waals surface area contributed by atoms with E-state index in [2.05, 4.69) is 252 Å². The molecule has 0 atom stereocenters. The molecular formula is C60H40N2. The number of fused-ring (bicyclic) bond motifs is 10. The van der Waals surface area contributed by atoms with Crippen molar-refractivity contribution in [3.05, 3.63) is 243 Å². The lowest BCUT2D eigenvalue weighted by Gasteiger charge is -2.26. The maximum atomic E-state index is 2.48. The molecule has 12 rings (SSSR count). The van der Waals surface area contributed by atoms with E-state index in [4.69, 9.17) is 0 Å². The van der Waals surface area contributed by atoms with Crippen LogP contribution in [-0.4, -0.2) is 4.57 Å². The summed E-state index contributed by atoms with van der Waals surface area (Å²) in [5, 5.41) is 10.3. The van der Waals surface area contributed by atoms with E-state index in [1.807, 2.05) is 0 Å². The Labute approximate surface area is 360 Å². The predicted molar refractivity (Wildman–Crippen MR) is 264 cm³/mol. The molecule has 1 aromatic heterocycles. The molecule has 0 aliphatic heterocycles. The Hall–Kier alpha value is -8.20. The minimum Gasteiger partial charge on any atom is -0.311 e. The summed E-state index contributed by atoms with van der Waals surface area (Å²) in [5.74, 6) is 0. The summed E-state index contributed by atoms with van der Waals surface area (Å²) in [5.41, 5.74) is 14.1. The highest BCUT2D eigenvalue weighted by atomic mass is 15.1. The fraction of sp³-hybridized carbons (Fsp3) is 0. The van der Waals surface area contributed by atoms with Crippen LogP contribution in [0.2, 0.25) is 0 Å². The van der Waals surface area contributed by atoms with Gasteiger partial charge in [0.2, 0.25) is 0 Å². The summed E-state index contributed by atoms with van der Waals surface area (Å²) in [6, 6.07) is 88.2. The first-order chi connectivity index (χ1) is 30.8. The Morgan fingerprint density at radius 1 is 0.258 bits per heavy atom. The molecular weight excluding hydrogens is 749 g/mol. The van der Waals surface area contributed by atoms with Crippen LogP contribution in [0.1, 0.15) is 0 Å². The second-order valence-electron chi connectivity index (χ2n) is 16.1. The first-order valence-electron chi connectivity index (χ1n) is 21.3. The van der Waals surface area contributed by atoms with Crippen molar-refractivity contribution in [1.82, 2.24) is 4.57 Å². The van der Waals surface area contributed by atoms with Gasteiger partial charge in [-0.25, -0.2) is 0 Å². The number of nitrogens with zero attached hydrogens (tertiary/aromatic N) is 2. The van der Waals surface area contributed by atoms with Gasteiger partial charge in [0.05, 0.1) is 11.0 Å². The van der Waals surface area contributed by atoms with Crippen LogP contribution in [0.5, 0.6) is 0 Å². The maximum Gasteiger partial charge on any atom is 0.0626 e. The van der Waals surface area contributed by atoms with Crippen molar-refractivity contribution in [2.24, 2.45) is 0 Å². The molecule has 0 aliphatic carbocycles. The maximum absolute atomic E-state index is 2.48. The Bertz CT molecular complexity index is 3490. The zero-order valence-corrected chi connectivity index (χ0v) is 34.0. The van der Waals surface area contributed by atoms with Gasteiger partial charge in [-0.3, -0.25) is 0 Å². The predicted octanol–water partition coefficient (Wildman–Crippen LogP) is 16.7. The lowest BCUT2D eigenvalue weighted by atomic mass is 9.93. The quantitative estimate of drug-likeness (QED) is 0.146. The summed E-state index contributed by atoms with van der Waals surface area (Å²) in [6.07, 6.45) is 0. The second-order valence-corrected chi connectivity index (χ2v) is 16.1. The Kier molecular flexibility index (Phi) is 8.53. The molecule has 0 radical (unpaired) electrons. The Balaban J connectivity index is 0.942. The van der Waals surface area contributed by atoms with Crippen molar-refractivity contribution in [3.8, 4) is 39.1 Å². The molecule has 0 spiro atoms. The molecule has 290 valence electrons.